The Kier molecular flexibility index (Phi) is 4.84. The van der Waals surface area contributed by atoms with E-state index in [-0.39, 0.29) is 11.3 Å². The predicted octanol–water partition coefficient (Wildman–Crippen LogP) is 2.76. The van der Waals surface area contributed by atoms with E-state index in [1.807, 2.05) is 35.2 Å². The van der Waals surface area contributed by atoms with Crippen molar-refractivity contribution in [2.24, 2.45) is 11.1 Å². The topological polar surface area (TPSA) is 46.3 Å². The van der Waals surface area contributed by atoms with Gasteiger partial charge in [-0.1, -0.05) is 62.8 Å². The molecule has 1 amide bonds. The van der Waals surface area contributed by atoms with E-state index in [0.29, 0.717) is 13.0 Å². The maximum atomic E-state index is 12.4. The summed E-state index contributed by atoms with van der Waals surface area (Å²) in [6.45, 7) is 8.13. The molecule has 0 bridgehead atoms. The van der Waals surface area contributed by atoms with E-state index in [2.05, 4.69) is 26.8 Å². The van der Waals surface area contributed by atoms with E-state index < -0.39 is 6.04 Å². The van der Waals surface area contributed by atoms with E-state index in [4.69, 9.17) is 5.73 Å². The summed E-state index contributed by atoms with van der Waals surface area (Å²) in [6.07, 6.45) is 3.75. The van der Waals surface area contributed by atoms with Gasteiger partial charge in [0, 0.05) is 13.1 Å². The highest BCUT2D eigenvalue weighted by atomic mass is 16.2. The molecule has 1 aromatic carbocycles. The summed E-state index contributed by atoms with van der Waals surface area (Å²) < 4.78 is 0. The Morgan fingerprint density at radius 2 is 1.95 bits per heavy atom. The predicted molar refractivity (Wildman–Crippen MR) is 86.9 cm³/mol. The summed E-state index contributed by atoms with van der Waals surface area (Å²) >= 11 is 0. The minimum atomic E-state index is -0.447. The molecule has 0 spiro atoms. The molecule has 3 nitrogen and oxygen atoms in total. The molecule has 0 saturated carbocycles. The highest BCUT2D eigenvalue weighted by Crippen LogP contribution is 2.30. The average Bonchev–Trinajstić information content (AvgIpc) is 2.46. The van der Waals surface area contributed by atoms with Crippen molar-refractivity contribution in [3.63, 3.8) is 0 Å². The van der Waals surface area contributed by atoms with E-state index in [1.165, 1.54) is 5.57 Å². The van der Waals surface area contributed by atoms with Gasteiger partial charge in [0.1, 0.15) is 0 Å². The van der Waals surface area contributed by atoms with Crippen molar-refractivity contribution in [1.29, 1.82) is 0 Å². The first-order valence-corrected chi connectivity index (χ1v) is 7.66. The van der Waals surface area contributed by atoms with Gasteiger partial charge in [-0.15, -0.1) is 0 Å². The lowest BCUT2D eigenvalue weighted by atomic mass is 9.83. The molecule has 21 heavy (non-hydrogen) atoms. The van der Waals surface area contributed by atoms with Crippen molar-refractivity contribution in [3.05, 3.63) is 47.5 Å². The second-order valence-electron chi connectivity index (χ2n) is 6.81. The molecular weight excluding hydrogens is 260 g/mol. The molecule has 114 valence electrons. The summed E-state index contributed by atoms with van der Waals surface area (Å²) in [4.78, 5) is 14.3. The summed E-state index contributed by atoms with van der Waals surface area (Å²) in [5.41, 5.74) is 8.83. The van der Waals surface area contributed by atoms with E-state index in [0.717, 1.165) is 18.5 Å². The largest absolute Gasteiger partial charge is 0.337 e. The molecule has 0 fully saturated rings. The van der Waals surface area contributed by atoms with E-state index >= 15 is 0 Å². The third-order valence-corrected chi connectivity index (χ3v) is 4.10. The monoisotopic (exact) mass is 286 g/mol. The van der Waals surface area contributed by atoms with Crippen LogP contribution in [0.25, 0.3) is 0 Å². The quantitative estimate of drug-likeness (QED) is 0.869. The molecular formula is C18H26N2O. The fourth-order valence-corrected chi connectivity index (χ4v) is 2.74. The van der Waals surface area contributed by atoms with Gasteiger partial charge >= 0.3 is 0 Å². The normalized spacial score (nSPS) is 17.3. The fourth-order valence-electron chi connectivity index (χ4n) is 2.74. The lowest BCUT2D eigenvalue weighted by molar-refractivity contribution is -0.132. The van der Waals surface area contributed by atoms with Crippen molar-refractivity contribution in [2.45, 2.75) is 39.7 Å². The van der Waals surface area contributed by atoms with Gasteiger partial charge in [-0.05, 0) is 23.8 Å². The average molecular weight is 286 g/mol. The highest BCUT2D eigenvalue weighted by molar-refractivity contribution is 5.82. The van der Waals surface area contributed by atoms with Gasteiger partial charge in [-0.2, -0.15) is 0 Å². The Morgan fingerprint density at radius 1 is 1.29 bits per heavy atom. The minimum Gasteiger partial charge on any atom is -0.337 e. The molecule has 0 aromatic heterocycles. The Morgan fingerprint density at radius 3 is 2.48 bits per heavy atom. The summed E-state index contributed by atoms with van der Waals surface area (Å²) in [6, 6.07) is 9.51. The number of nitrogens with two attached hydrogens (primary N) is 1. The van der Waals surface area contributed by atoms with Crippen molar-refractivity contribution < 1.29 is 4.79 Å². The number of amides is 1. The number of hydrogen-bond acceptors (Lipinski definition) is 2. The van der Waals surface area contributed by atoms with Crippen LogP contribution in [0.2, 0.25) is 0 Å². The second-order valence-corrected chi connectivity index (χ2v) is 6.81. The molecule has 1 aliphatic rings. The first kappa shape index (κ1) is 15.8. The summed E-state index contributed by atoms with van der Waals surface area (Å²) in [5, 5.41) is 0. The Bertz CT molecular complexity index is 514. The Hall–Kier alpha value is -1.61. The molecule has 0 radical (unpaired) electrons. The first-order chi connectivity index (χ1) is 9.88. The van der Waals surface area contributed by atoms with Crippen molar-refractivity contribution in [2.75, 3.05) is 13.1 Å². The van der Waals surface area contributed by atoms with E-state index in [9.17, 15) is 4.79 Å². The van der Waals surface area contributed by atoms with Crippen molar-refractivity contribution in [3.8, 4) is 0 Å². The van der Waals surface area contributed by atoms with Crippen LogP contribution in [0.15, 0.2) is 42.0 Å². The number of nitrogens with zero attached hydrogens (tertiary/aromatic N) is 1. The smallest absolute Gasteiger partial charge is 0.240 e. The molecule has 1 atom stereocenters. The molecule has 0 aliphatic carbocycles. The summed E-state index contributed by atoms with van der Waals surface area (Å²) in [7, 11) is 0. The van der Waals surface area contributed by atoms with Crippen LogP contribution in [-0.4, -0.2) is 29.9 Å². The number of carbonyl (C=O) groups excluding carboxylic acids is 1. The third-order valence-electron chi connectivity index (χ3n) is 4.10. The zero-order valence-electron chi connectivity index (χ0n) is 13.3. The number of hydrogen-bond donors (Lipinski definition) is 1. The molecule has 0 unspecified atom stereocenters. The molecule has 1 heterocycles. The number of rotatable bonds is 3. The first-order valence-electron chi connectivity index (χ1n) is 7.66. The molecule has 2 N–H and O–H groups in total. The van der Waals surface area contributed by atoms with Gasteiger partial charge in [0.25, 0.3) is 0 Å². The lowest BCUT2D eigenvalue weighted by Gasteiger charge is -2.33. The fraction of sp³-hybridized carbons (Fsp3) is 0.500. The van der Waals surface area contributed by atoms with Gasteiger partial charge in [0.15, 0.2) is 0 Å². The van der Waals surface area contributed by atoms with Gasteiger partial charge in [-0.25, -0.2) is 0 Å². The molecule has 3 heteroatoms. The minimum absolute atomic E-state index is 0.0584. The third kappa shape index (κ3) is 4.18. The van der Waals surface area contributed by atoms with Gasteiger partial charge in [0.05, 0.1) is 6.04 Å². The van der Waals surface area contributed by atoms with Crippen LogP contribution in [0.1, 0.15) is 32.8 Å². The zero-order chi connectivity index (χ0) is 15.5. The van der Waals surface area contributed by atoms with Crippen LogP contribution < -0.4 is 5.73 Å². The van der Waals surface area contributed by atoms with Crippen LogP contribution in [0.4, 0.5) is 0 Å². The zero-order valence-corrected chi connectivity index (χ0v) is 13.3. The SMILES string of the molecule is CC(C)(C)C1=CCN(C(=O)[C@@H](N)Cc2ccccc2)CC1. The van der Waals surface area contributed by atoms with Crippen LogP contribution in [0.5, 0.6) is 0 Å². The standard InChI is InChI=1S/C18H26N2O/c1-18(2,3)15-9-11-20(12-10-15)17(21)16(19)13-14-7-5-4-6-8-14/h4-9,16H,10-13,19H2,1-3H3/t16-/m0/s1. The molecule has 2 rings (SSSR count). The van der Waals surface area contributed by atoms with Crippen molar-refractivity contribution in [1.82, 2.24) is 4.90 Å². The van der Waals surface area contributed by atoms with Gasteiger partial charge < -0.3 is 10.6 Å². The van der Waals surface area contributed by atoms with E-state index in [1.54, 1.807) is 0 Å². The van der Waals surface area contributed by atoms with Crippen LogP contribution in [0, 0.1) is 5.41 Å². The maximum absolute atomic E-state index is 12.4. The Balaban J connectivity index is 1.94. The van der Waals surface area contributed by atoms with Crippen molar-refractivity contribution >= 4 is 5.91 Å². The van der Waals surface area contributed by atoms with Crippen LogP contribution in [0.3, 0.4) is 0 Å². The van der Waals surface area contributed by atoms with Gasteiger partial charge in [-0.3, -0.25) is 4.79 Å². The molecule has 1 aromatic rings. The maximum Gasteiger partial charge on any atom is 0.240 e. The number of carbonyl (C=O) groups is 1. The van der Waals surface area contributed by atoms with Gasteiger partial charge in [0.2, 0.25) is 5.91 Å². The Labute approximate surface area is 127 Å². The molecule has 1 aliphatic heterocycles. The lowest BCUT2D eigenvalue weighted by Crippen LogP contribution is -2.46. The molecule has 0 saturated heterocycles. The number of benzene rings is 1. The van der Waals surface area contributed by atoms with Crippen LogP contribution >= 0.6 is 0 Å². The summed E-state index contributed by atoms with van der Waals surface area (Å²) in [5.74, 6) is 0.0584. The van der Waals surface area contributed by atoms with Crippen LogP contribution in [-0.2, 0) is 11.2 Å². The second kappa shape index (κ2) is 6.44. The highest BCUT2D eigenvalue weighted by Gasteiger charge is 2.26.